The molecule has 0 fully saturated rings. The van der Waals surface area contributed by atoms with Crippen LogP contribution in [0.5, 0.6) is 0 Å². The second kappa shape index (κ2) is 8.31. The molecule has 0 spiro atoms. The summed E-state index contributed by atoms with van der Waals surface area (Å²) >= 11 is 0. The van der Waals surface area contributed by atoms with Gasteiger partial charge in [0.05, 0.1) is 6.61 Å². The Labute approximate surface area is 118 Å². The van der Waals surface area contributed by atoms with E-state index in [-0.39, 0.29) is 0 Å². The fourth-order valence-electron chi connectivity index (χ4n) is 1.90. The standard InChI is InChI=1S/C16H28N2O/c1-13(2)17-10-15-6-8-16(9-7-15)11-18(4)14(3)12-19-5/h6-9,13-14,17H,10-12H2,1-5H3. The first-order chi connectivity index (χ1) is 9.02. The third-order valence-corrected chi connectivity index (χ3v) is 3.33. The molecule has 1 aromatic carbocycles. The molecule has 0 saturated heterocycles. The van der Waals surface area contributed by atoms with E-state index in [9.17, 15) is 0 Å². The number of rotatable bonds is 8. The fourth-order valence-corrected chi connectivity index (χ4v) is 1.90. The zero-order valence-electron chi connectivity index (χ0n) is 12.9. The smallest absolute Gasteiger partial charge is 0.0615 e. The van der Waals surface area contributed by atoms with E-state index in [1.807, 2.05) is 0 Å². The highest BCUT2D eigenvalue weighted by Crippen LogP contribution is 2.09. The number of likely N-dealkylation sites (N-methyl/N-ethyl adjacent to an activating group) is 1. The molecular weight excluding hydrogens is 236 g/mol. The molecule has 1 rings (SSSR count). The van der Waals surface area contributed by atoms with Crippen molar-refractivity contribution in [2.45, 2.75) is 45.9 Å². The van der Waals surface area contributed by atoms with E-state index in [4.69, 9.17) is 4.74 Å². The molecule has 1 aromatic rings. The maximum atomic E-state index is 5.19. The van der Waals surface area contributed by atoms with Crippen molar-refractivity contribution >= 4 is 0 Å². The van der Waals surface area contributed by atoms with Crippen molar-refractivity contribution in [2.24, 2.45) is 0 Å². The van der Waals surface area contributed by atoms with Gasteiger partial charge in [-0.15, -0.1) is 0 Å². The first-order valence-corrected chi connectivity index (χ1v) is 7.03. The van der Waals surface area contributed by atoms with E-state index in [2.05, 4.69) is 62.3 Å². The molecule has 1 atom stereocenters. The summed E-state index contributed by atoms with van der Waals surface area (Å²) < 4.78 is 5.19. The summed E-state index contributed by atoms with van der Waals surface area (Å²) in [5.41, 5.74) is 2.68. The normalized spacial score (nSPS) is 13.2. The Morgan fingerprint density at radius 1 is 1.11 bits per heavy atom. The minimum Gasteiger partial charge on any atom is -0.383 e. The minimum atomic E-state index is 0.437. The summed E-state index contributed by atoms with van der Waals surface area (Å²) in [5.74, 6) is 0. The number of hydrogen-bond acceptors (Lipinski definition) is 3. The van der Waals surface area contributed by atoms with Crippen LogP contribution in [0, 0.1) is 0 Å². The van der Waals surface area contributed by atoms with Gasteiger partial charge < -0.3 is 10.1 Å². The summed E-state index contributed by atoms with van der Waals surface area (Å²) in [5, 5.41) is 3.43. The molecule has 1 N–H and O–H groups in total. The quantitative estimate of drug-likeness (QED) is 0.781. The van der Waals surface area contributed by atoms with Gasteiger partial charge in [-0.3, -0.25) is 4.90 Å². The summed E-state index contributed by atoms with van der Waals surface area (Å²) in [6.45, 7) is 9.19. The SMILES string of the molecule is COCC(C)N(C)Cc1ccc(CNC(C)C)cc1. The fraction of sp³-hybridized carbons (Fsp3) is 0.625. The Morgan fingerprint density at radius 3 is 2.21 bits per heavy atom. The lowest BCUT2D eigenvalue weighted by Crippen LogP contribution is -2.32. The average Bonchev–Trinajstić information content (AvgIpc) is 2.38. The molecule has 108 valence electrons. The Bertz CT molecular complexity index is 348. The number of benzene rings is 1. The van der Waals surface area contributed by atoms with Crippen molar-refractivity contribution < 1.29 is 4.74 Å². The molecule has 1 unspecified atom stereocenters. The van der Waals surface area contributed by atoms with Gasteiger partial charge in [0.2, 0.25) is 0 Å². The van der Waals surface area contributed by atoms with Crippen molar-refractivity contribution in [3.8, 4) is 0 Å². The number of ether oxygens (including phenoxy) is 1. The van der Waals surface area contributed by atoms with Gasteiger partial charge in [0.15, 0.2) is 0 Å². The van der Waals surface area contributed by atoms with E-state index < -0.39 is 0 Å². The Morgan fingerprint density at radius 2 is 1.68 bits per heavy atom. The maximum absolute atomic E-state index is 5.19. The molecule has 0 bridgehead atoms. The van der Waals surface area contributed by atoms with Gasteiger partial charge in [-0.25, -0.2) is 0 Å². The molecule has 0 aliphatic heterocycles. The number of nitrogens with one attached hydrogen (secondary N) is 1. The Hall–Kier alpha value is -0.900. The topological polar surface area (TPSA) is 24.5 Å². The second-order valence-electron chi connectivity index (χ2n) is 5.57. The molecule has 3 nitrogen and oxygen atoms in total. The molecule has 0 heterocycles. The Kier molecular flexibility index (Phi) is 7.06. The molecular formula is C16H28N2O. The van der Waals surface area contributed by atoms with Crippen molar-refractivity contribution in [1.82, 2.24) is 10.2 Å². The van der Waals surface area contributed by atoms with Gasteiger partial charge in [-0.2, -0.15) is 0 Å². The van der Waals surface area contributed by atoms with E-state index in [1.165, 1.54) is 11.1 Å². The minimum absolute atomic E-state index is 0.437. The lowest BCUT2D eigenvalue weighted by atomic mass is 10.1. The van der Waals surface area contributed by atoms with Crippen molar-refractivity contribution in [3.63, 3.8) is 0 Å². The summed E-state index contributed by atoms with van der Waals surface area (Å²) in [4.78, 5) is 2.31. The molecule has 0 aliphatic rings. The van der Waals surface area contributed by atoms with Crippen LogP contribution in [-0.4, -0.2) is 37.7 Å². The zero-order chi connectivity index (χ0) is 14.3. The predicted molar refractivity (Wildman–Crippen MR) is 81.2 cm³/mol. The van der Waals surface area contributed by atoms with Crippen molar-refractivity contribution in [1.29, 1.82) is 0 Å². The van der Waals surface area contributed by atoms with Gasteiger partial charge in [0, 0.05) is 32.3 Å². The molecule has 3 heteroatoms. The van der Waals surface area contributed by atoms with Crippen LogP contribution in [-0.2, 0) is 17.8 Å². The number of nitrogens with zero attached hydrogens (tertiary/aromatic N) is 1. The van der Waals surface area contributed by atoms with E-state index in [1.54, 1.807) is 7.11 Å². The van der Waals surface area contributed by atoms with Crippen molar-refractivity contribution in [2.75, 3.05) is 20.8 Å². The van der Waals surface area contributed by atoms with Gasteiger partial charge >= 0.3 is 0 Å². The van der Waals surface area contributed by atoms with Gasteiger partial charge in [0.25, 0.3) is 0 Å². The summed E-state index contributed by atoms with van der Waals surface area (Å²) in [6.07, 6.45) is 0. The Balaban J connectivity index is 2.47. The van der Waals surface area contributed by atoms with Crippen LogP contribution in [0.3, 0.4) is 0 Å². The third-order valence-electron chi connectivity index (χ3n) is 3.33. The lowest BCUT2D eigenvalue weighted by Gasteiger charge is -2.24. The highest BCUT2D eigenvalue weighted by atomic mass is 16.5. The molecule has 19 heavy (non-hydrogen) atoms. The molecule has 0 amide bonds. The molecule has 0 saturated carbocycles. The van der Waals surface area contributed by atoms with E-state index >= 15 is 0 Å². The van der Waals surface area contributed by atoms with Crippen LogP contribution < -0.4 is 5.32 Å². The van der Waals surface area contributed by atoms with Crippen LogP contribution in [0.15, 0.2) is 24.3 Å². The predicted octanol–water partition coefficient (Wildman–Crippen LogP) is 2.65. The highest BCUT2D eigenvalue weighted by Gasteiger charge is 2.08. The van der Waals surface area contributed by atoms with Crippen LogP contribution in [0.25, 0.3) is 0 Å². The van der Waals surface area contributed by atoms with Crippen LogP contribution in [0.2, 0.25) is 0 Å². The maximum Gasteiger partial charge on any atom is 0.0615 e. The summed E-state index contributed by atoms with van der Waals surface area (Å²) in [6, 6.07) is 9.81. The van der Waals surface area contributed by atoms with Crippen molar-refractivity contribution in [3.05, 3.63) is 35.4 Å². The zero-order valence-corrected chi connectivity index (χ0v) is 12.9. The van der Waals surface area contributed by atoms with Gasteiger partial charge in [-0.1, -0.05) is 38.1 Å². The van der Waals surface area contributed by atoms with Crippen LogP contribution >= 0.6 is 0 Å². The second-order valence-corrected chi connectivity index (χ2v) is 5.57. The number of methoxy groups -OCH3 is 1. The lowest BCUT2D eigenvalue weighted by molar-refractivity contribution is 0.112. The first-order valence-electron chi connectivity index (χ1n) is 7.03. The third kappa shape index (κ3) is 6.19. The molecule has 0 aliphatic carbocycles. The van der Waals surface area contributed by atoms with Gasteiger partial charge in [-0.05, 0) is 25.1 Å². The average molecular weight is 264 g/mol. The van der Waals surface area contributed by atoms with Gasteiger partial charge in [0.1, 0.15) is 0 Å². The van der Waals surface area contributed by atoms with E-state index in [0.29, 0.717) is 12.1 Å². The van der Waals surface area contributed by atoms with Crippen LogP contribution in [0.1, 0.15) is 31.9 Å². The molecule has 0 aromatic heterocycles. The monoisotopic (exact) mass is 264 g/mol. The number of hydrogen-bond donors (Lipinski definition) is 1. The van der Waals surface area contributed by atoms with E-state index in [0.717, 1.165) is 19.7 Å². The molecule has 0 radical (unpaired) electrons. The van der Waals surface area contributed by atoms with Crippen LogP contribution in [0.4, 0.5) is 0 Å². The largest absolute Gasteiger partial charge is 0.383 e. The highest BCUT2D eigenvalue weighted by molar-refractivity contribution is 5.22. The summed E-state index contributed by atoms with van der Waals surface area (Å²) in [7, 11) is 3.89. The first kappa shape index (κ1) is 16.2.